The Labute approximate surface area is 359 Å². The molecule has 2 saturated carbocycles. The summed E-state index contributed by atoms with van der Waals surface area (Å²) in [5.41, 5.74) is -0.591. The molecule has 2 aromatic rings. The molecule has 2 saturated heterocycles. The number of hydrogen-bond donors (Lipinski definition) is 1. The predicted molar refractivity (Wildman–Crippen MR) is 227 cm³/mol. The zero-order chi connectivity index (χ0) is 43.5. The van der Waals surface area contributed by atoms with Crippen LogP contribution in [0.2, 0.25) is 0 Å². The maximum atomic E-state index is 15.2. The minimum absolute atomic E-state index is 0.0815. The van der Waals surface area contributed by atoms with Crippen LogP contribution in [0.4, 0.5) is 0 Å². The smallest absolute Gasteiger partial charge is 0.307 e. The molecule has 4 aliphatic heterocycles. The Kier molecular flexibility index (Phi) is 11.6. The Morgan fingerprint density at radius 2 is 1.77 bits per heavy atom. The maximum Gasteiger partial charge on any atom is 0.307 e. The van der Waals surface area contributed by atoms with Crippen LogP contribution in [0.5, 0.6) is 11.5 Å². The van der Waals surface area contributed by atoms with Gasteiger partial charge < -0.3 is 23.8 Å². The zero-order valence-electron chi connectivity index (χ0n) is 36.5. The second-order valence-electron chi connectivity index (χ2n) is 19.7. The van der Waals surface area contributed by atoms with Crippen LogP contribution in [0.1, 0.15) is 122 Å². The normalized spacial score (nSPS) is 31.1. The van der Waals surface area contributed by atoms with E-state index in [0.717, 1.165) is 35.7 Å². The molecule has 332 valence electrons. The monoisotopic (exact) mass is 862 g/mol. The molecule has 0 bridgehead atoms. The van der Waals surface area contributed by atoms with Crippen LogP contribution in [0.25, 0.3) is 10.9 Å². The number of amides is 2. The van der Waals surface area contributed by atoms with E-state index in [1.54, 1.807) is 39.7 Å². The van der Waals surface area contributed by atoms with Crippen LogP contribution >= 0.6 is 0 Å². The van der Waals surface area contributed by atoms with Gasteiger partial charge in [-0.05, 0) is 97.3 Å². The van der Waals surface area contributed by atoms with Gasteiger partial charge in [0, 0.05) is 55.3 Å². The van der Waals surface area contributed by atoms with Gasteiger partial charge in [0.25, 0.3) is 0 Å². The third-order valence-electron chi connectivity index (χ3n) is 14.0. The van der Waals surface area contributed by atoms with Crippen molar-refractivity contribution in [1.29, 1.82) is 0 Å². The zero-order valence-corrected chi connectivity index (χ0v) is 37.4. The summed E-state index contributed by atoms with van der Waals surface area (Å²) in [6, 6.07) is 4.63. The number of benzene rings is 1. The molecule has 4 fully saturated rings. The largest absolute Gasteiger partial charge is 0.497 e. The van der Waals surface area contributed by atoms with Crippen LogP contribution in [-0.2, 0) is 38.7 Å². The molecular formula is C46H62N4O10S. The van der Waals surface area contributed by atoms with E-state index in [1.807, 2.05) is 37.3 Å². The van der Waals surface area contributed by atoms with Crippen molar-refractivity contribution in [2.45, 2.75) is 140 Å². The molecular weight excluding hydrogens is 801 g/mol. The average Bonchev–Trinajstić information content (AvgIpc) is 4.10. The van der Waals surface area contributed by atoms with Gasteiger partial charge in [-0.2, -0.15) is 0 Å². The van der Waals surface area contributed by atoms with Crippen molar-refractivity contribution in [2.24, 2.45) is 17.3 Å². The molecule has 0 radical (unpaired) electrons. The molecule has 1 aromatic heterocycles. The molecule has 61 heavy (non-hydrogen) atoms. The number of nitrogens with zero attached hydrogens (tertiary/aromatic N) is 3. The molecule has 0 unspecified atom stereocenters. The van der Waals surface area contributed by atoms with Gasteiger partial charge >= 0.3 is 5.97 Å². The number of ketones is 1. The van der Waals surface area contributed by atoms with Crippen molar-refractivity contribution >= 4 is 44.5 Å². The van der Waals surface area contributed by atoms with Crippen LogP contribution in [0.3, 0.4) is 0 Å². The van der Waals surface area contributed by atoms with Crippen molar-refractivity contribution in [3.8, 4) is 11.5 Å². The number of hydrogen-bond acceptors (Lipinski definition) is 12. The maximum absolute atomic E-state index is 15.2. The SMILES string of the molecule is COc1ccc2nc(C)c3c(c2c1)[C@@H](N1CCOCC1)C[C@]1(C[C@H]2C(=O)C[C@]4(C(=O)NS(=O)(=O)C5(C)CC5)C[C@H]4/C=C\CCCCC[C@H](CC(=O)OC(C)(C)C)C(=O)N2C1)O3. The lowest BCUT2D eigenvalue weighted by Gasteiger charge is -2.45. The topological polar surface area (TPSA) is 171 Å². The number of pyridine rings is 1. The highest BCUT2D eigenvalue weighted by atomic mass is 32.2. The summed E-state index contributed by atoms with van der Waals surface area (Å²) in [5, 5.41) is 0.902. The molecule has 5 heterocycles. The number of nitrogens with one attached hydrogen (secondary N) is 1. The third-order valence-corrected chi connectivity index (χ3v) is 16.2. The Balaban J connectivity index is 1.20. The quantitative estimate of drug-likeness (QED) is 0.260. The van der Waals surface area contributed by atoms with Crippen molar-refractivity contribution in [1.82, 2.24) is 19.5 Å². The fraction of sp³-hybridized carbons (Fsp3) is 0.674. The highest BCUT2D eigenvalue weighted by Crippen LogP contribution is 2.58. The van der Waals surface area contributed by atoms with Crippen molar-refractivity contribution in [3.63, 3.8) is 0 Å². The third kappa shape index (κ3) is 8.67. The number of rotatable bonds is 7. The molecule has 1 aromatic carbocycles. The Morgan fingerprint density at radius 3 is 2.48 bits per heavy atom. The first-order valence-electron chi connectivity index (χ1n) is 22.1. The number of carbonyl (C=O) groups is 4. The molecule has 15 heteroatoms. The summed E-state index contributed by atoms with van der Waals surface area (Å²) >= 11 is 0. The molecule has 1 N–H and O–H groups in total. The van der Waals surface area contributed by atoms with E-state index in [9.17, 15) is 18.0 Å². The Bertz CT molecular complexity index is 2230. The standard InChI is InChI=1S/C46H62N4O10S/c1-29-40-39(33-23-32(57-6)14-15-34(33)47-29)36(49-18-20-58-21-19-49)26-45(60-40)25-35-37(51)27-46(42(54)48-61(55,56)44(5)16-17-44)24-31(46)13-11-9-7-8-10-12-30(41(53)50(35)28-45)22-38(52)59-43(2,3)4/h11,13-15,23,30-31,35-36H,7-10,12,16-22,24-28H2,1-6H3,(H,48,54)/b13-11-/t30-,31-,35+,36+,45+,46-/m1/s1. The van der Waals surface area contributed by atoms with E-state index in [0.29, 0.717) is 82.0 Å². The average molecular weight is 863 g/mol. The summed E-state index contributed by atoms with van der Waals surface area (Å²) in [4.78, 5) is 66.9. The molecule has 14 nitrogen and oxygen atoms in total. The molecule has 8 rings (SSSR count). The molecule has 2 amide bonds. The molecule has 2 aliphatic carbocycles. The Morgan fingerprint density at radius 1 is 1.03 bits per heavy atom. The number of allylic oxidation sites excluding steroid dienone is 2. The van der Waals surface area contributed by atoms with E-state index in [-0.39, 0.29) is 49.5 Å². The minimum Gasteiger partial charge on any atom is -0.497 e. The second kappa shape index (κ2) is 16.2. The van der Waals surface area contributed by atoms with E-state index in [4.69, 9.17) is 23.9 Å². The van der Waals surface area contributed by atoms with Gasteiger partial charge in [0.1, 0.15) is 22.7 Å². The number of aryl methyl sites for hydroxylation is 1. The lowest BCUT2D eigenvalue weighted by atomic mass is 9.81. The molecule has 1 spiro atoms. The van der Waals surface area contributed by atoms with E-state index in [2.05, 4.69) is 9.62 Å². The first kappa shape index (κ1) is 43.6. The Hall–Kier alpha value is -4.08. The number of morpholine rings is 1. The number of sulfonamides is 1. The lowest BCUT2D eigenvalue weighted by molar-refractivity contribution is -0.159. The fourth-order valence-electron chi connectivity index (χ4n) is 10.1. The minimum atomic E-state index is -3.97. The van der Waals surface area contributed by atoms with Gasteiger partial charge in [-0.3, -0.25) is 28.8 Å². The van der Waals surface area contributed by atoms with Crippen LogP contribution in [0, 0.1) is 24.2 Å². The van der Waals surface area contributed by atoms with E-state index >= 15 is 9.59 Å². The van der Waals surface area contributed by atoms with Gasteiger partial charge in [-0.25, -0.2) is 13.4 Å². The number of esters is 1. The summed E-state index contributed by atoms with van der Waals surface area (Å²) in [5.74, 6) is -1.57. The highest BCUT2D eigenvalue weighted by Gasteiger charge is 2.64. The van der Waals surface area contributed by atoms with Gasteiger partial charge in [0.2, 0.25) is 21.8 Å². The van der Waals surface area contributed by atoms with Crippen molar-refractivity contribution in [3.05, 3.63) is 41.6 Å². The van der Waals surface area contributed by atoms with E-state index < -0.39 is 55.2 Å². The first-order chi connectivity index (χ1) is 28.9. The summed E-state index contributed by atoms with van der Waals surface area (Å²) in [6.07, 6.45) is 8.98. The summed E-state index contributed by atoms with van der Waals surface area (Å²) < 4.78 is 52.5. The van der Waals surface area contributed by atoms with Crippen molar-refractivity contribution < 1.29 is 46.5 Å². The van der Waals surface area contributed by atoms with Crippen LogP contribution in [0.15, 0.2) is 30.4 Å². The number of aromatic nitrogens is 1. The molecule has 6 atom stereocenters. The van der Waals surface area contributed by atoms with Crippen LogP contribution in [-0.4, -0.2) is 109 Å². The van der Waals surface area contributed by atoms with Gasteiger partial charge in [-0.1, -0.05) is 25.0 Å². The first-order valence-corrected chi connectivity index (χ1v) is 23.6. The number of fused-ring (bicyclic) bond motifs is 5. The van der Waals surface area contributed by atoms with Gasteiger partial charge in [0.15, 0.2) is 5.78 Å². The number of methoxy groups -OCH3 is 1. The van der Waals surface area contributed by atoms with E-state index in [1.165, 1.54) is 0 Å². The predicted octanol–water partition coefficient (Wildman–Crippen LogP) is 5.88. The van der Waals surface area contributed by atoms with Gasteiger partial charge in [0.05, 0.1) is 60.7 Å². The van der Waals surface area contributed by atoms with Crippen molar-refractivity contribution in [2.75, 3.05) is 40.0 Å². The second-order valence-corrected chi connectivity index (χ2v) is 21.9. The number of Topliss-reactive ketones (excluding diaryl/α,β-unsaturated/α-hetero) is 1. The molecule has 6 aliphatic rings. The summed E-state index contributed by atoms with van der Waals surface area (Å²) in [7, 11) is -2.34. The van der Waals surface area contributed by atoms with Crippen LogP contribution < -0.4 is 14.2 Å². The number of carbonyl (C=O) groups excluding carboxylic acids is 4. The fourth-order valence-corrected chi connectivity index (χ4v) is 11.5. The highest BCUT2D eigenvalue weighted by molar-refractivity contribution is 7.91. The summed E-state index contributed by atoms with van der Waals surface area (Å²) in [6.45, 7) is 11.5. The van der Waals surface area contributed by atoms with Gasteiger partial charge in [-0.15, -0.1) is 0 Å². The number of ether oxygens (including phenoxy) is 4. The lowest BCUT2D eigenvalue weighted by Crippen LogP contribution is -2.50.